The molecule has 2 aromatic carbocycles. The Morgan fingerprint density at radius 1 is 1.00 bits per heavy atom. The molecule has 1 aromatic heterocycles. The summed E-state index contributed by atoms with van der Waals surface area (Å²) in [6, 6.07) is 9.42. The summed E-state index contributed by atoms with van der Waals surface area (Å²) in [5, 5.41) is 23.5. The van der Waals surface area contributed by atoms with Crippen molar-refractivity contribution in [3.8, 4) is 5.75 Å². The van der Waals surface area contributed by atoms with Crippen LogP contribution >= 0.6 is 0 Å². The van der Waals surface area contributed by atoms with Crippen LogP contribution in [0.3, 0.4) is 0 Å². The molecular weight excluding hydrogens is 444 g/mol. The van der Waals surface area contributed by atoms with E-state index in [1.807, 2.05) is 13.0 Å². The molecule has 3 N–H and O–H groups in total. The van der Waals surface area contributed by atoms with Gasteiger partial charge in [0.1, 0.15) is 11.3 Å². The van der Waals surface area contributed by atoms with Gasteiger partial charge in [0.25, 0.3) is 0 Å². The summed E-state index contributed by atoms with van der Waals surface area (Å²) in [4.78, 5) is 37.4. The van der Waals surface area contributed by atoms with Crippen LogP contribution in [0.5, 0.6) is 5.75 Å². The Morgan fingerprint density at radius 2 is 1.66 bits per heavy atom. The Balaban J connectivity index is 1.34. The number of anilines is 1. The minimum absolute atomic E-state index is 0.152. The molecule has 1 amide bonds. The molecule has 35 heavy (non-hydrogen) atoms. The minimum atomic E-state index is -1.39. The molecule has 0 atom stereocenters. The highest BCUT2D eigenvalue weighted by Gasteiger charge is 2.49. The van der Waals surface area contributed by atoms with Gasteiger partial charge in [0, 0.05) is 23.3 Å². The van der Waals surface area contributed by atoms with Gasteiger partial charge in [-0.2, -0.15) is 0 Å². The number of aromatic hydroxyl groups is 1. The highest BCUT2D eigenvalue weighted by atomic mass is 16.4. The maximum absolute atomic E-state index is 13.2. The summed E-state index contributed by atoms with van der Waals surface area (Å²) < 4.78 is 1.14. The van der Waals surface area contributed by atoms with Gasteiger partial charge < -0.3 is 15.5 Å². The standard InChI is InChI=1S/C28H28N2O5/c1-14-6-20(25-17-8-15-7-16(10-17)11-18(25)9-15)24(31)12-22(14)29-28(35)30-13-21(27(33)34)26(32)19-4-2-3-5-23(19)30/h2-6,12-13,15-18,25,31H,7-11H2,1H3,(H,29,35)(H,33,34). The molecule has 4 fully saturated rings. The third-order valence-corrected chi connectivity index (χ3v) is 8.56. The molecule has 7 nitrogen and oxygen atoms in total. The van der Waals surface area contributed by atoms with Crippen LogP contribution in [0.15, 0.2) is 47.4 Å². The smallest absolute Gasteiger partial charge is 0.341 e. The Kier molecular flexibility index (Phi) is 4.99. The number of pyridine rings is 1. The number of benzene rings is 2. The van der Waals surface area contributed by atoms with Crippen LogP contribution in [0.2, 0.25) is 0 Å². The van der Waals surface area contributed by atoms with Gasteiger partial charge in [-0.3, -0.25) is 9.36 Å². The van der Waals surface area contributed by atoms with Crippen LogP contribution in [0.1, 0.15) is 59.5 Å². The van der Waals surface area contributed by atoms with Gasteiger partial charge in [-0.05, 0) is 91.9 Å². The van der Waals surface area contributed by atoms with E-state index >= 15 is 0 Å². The number of aryl methyl sites for hydroxylation is 1. The van der Waals surface area contributed by atoms with Crippen molar-refractivity contribution < 1.29 is 19.8 Å². The van der Waals surface area contributed by atoms with Gasteiger partial charge in [-0.1, -0.05) is 18.2 Å². The van der Waals surface area contributed by atoms with E-state index in [1.165, 1.54) is 38.2 Å². The number of hydrogen-bond donors (Lipinski definition) is 3. The van der Waals surface area contributed by atoms with Crippen molar-refractivity contribution >= 4 is 28.6 Å². The highest BCUT2D eigenvalue weighted by Crippen LogP contribution is 2.60. The van der Waals surface area contributed by atoms with Crippen molar-refractivity contribution in [2.24, 2.45) is 23.7 Å². The zero-order valence-corrected chi connectivity index (χ0v) is 19.5. The first-order valence-corrected chi connectivity index (χ1v) is 12.3. The second kappa shape index (κ2) is 7.97. The number of carboxylic acids is 1. The molecule has 7 heteroatoms. The number of aromatic nitrogens is 1. The fourth-order valence-corrected chi connectivity index (χ4v) is 7.33. The number of rotatable bonds is 3. The highest BCUT2D eigenvalue weighted by molar-refractivity contribution is 6.01. The number of nitrogens with one attached hydrogen (secondary N) is 1. The number of carbonyl (C=O) groups excluding carboxylic acids is 1. The Labute approximate surface area is 202 Å². The summed E-state index contributed by atoms with van der Waals surface area (Å²) in [5.74, 6) is 2.11. The molecule has 4 saturated carbocycles. The van der Waals surface area contributed by atoms with Gasteiger partial charge in [0.15, 0.2) is 0 Å². The Morgan fingerprint density at radius 3 is 2.31 bits per heavy atom. The maximum Gasteiger partial charge on any atom is 0.341 e. The number of phenols is 1. The van der Waals surface area contributed by atoms with E-state index in [1.54, 1.807) is 24.3 Å². The van der Waals surface area contributed by atoms with Crippen LogP contribution < -0.4 is 10.7 Å². The monoisotopic (exact) mass is 472 g/mol. The molecule has 0 unspecified atom stereocenters. The van der Waals surface area contributed by atoms with Crippen molar-refractivity contribution in [1.29, 1.82) is 0 Å². The molecule has 4 bridgehead atoms. The molecular formula is C28H28N2O5. The number of carboxylic acid groups (broad SMARTS) is 1. The molecule has 4 aliphatic carbocycles. The Hall–Kier alpha value is -3.61. The molecule has 3 aromatic rings. The third-order valence-electron chi connectivity index (χ3n) is 8.56. The van der Waals surface area contributed by atoms with Crippen molar-refractivity contribution in [2.75, 3.05) is 5.32 Å². The molecule has 7 rings (SSSR count). The lowest BCUT2D eigenvalue weighted by Crippen LogP contribution is -2.43. The van der Waals surface area contributed by atoms with E-state index in [2.05, 4.69) is 5.32 Å². The number of aromatic carboxylic acids is 1. The third kappa shape index (κ3) is 3.52. The largest absolute Gasteiger partial charge is 0.508 e. The summed E-state index contributed by atoms with van der Waals surface area (Å²) in [7, 11) is 0. The van der Waals surface area contributed by atoms with Crippen molar-refractivity contribution in [3.05, 3.63) is 69.5 Å². The van der Waals surface area contributed by atoms with Crippen LogP contribution in [0, 0.1) is 30.6 Å². The minimum Gasteiger partial charge on any atom is -0.508 e. The van der Waals surface area contributed by atoms with E-state index in [9.17, 15) is 24.6 Å². The lowest BCUT2D eigenvalue weighted by atomic mass is 9.50. The second-order valence-corrected chi connectivity index (χ2v) is 10.7. The van der Waals surface area contributed by atoms with Gasteiger partial charge in [0.2, 0.25) is 5.43 Å². The fourth-order valence-electron chi connectivity index (χ4n) is 7.33. The maximum atomic E-state index is 13.2. The summed E-state index contributed by atoms with van der Waals surface area (Å²) in [6.07, 6.45) is 7.43. The van der Waals surface area contributed by atoms with E-state index in [4.69, 9.17) is 0 Å². The van der Waals surface area contributed by atoms with Crippen molar-refractivity contribution in [1.82, 2.24) is 4.57 Å². The average molecular weight is 473 g/mol. The molecule has 0 saturated heterocycles. The van der Waals surface area contributed by atoms with Gasteiger partial charge in [-0.25, -0.2) is 9.59 Å². The number of amides is 1. The molecule has 0 radical (unpaired) electrons. The molecule has 0 aliphatic heterocycles. The van der Waals surface area contributed by atoms with E-state index in [0.717, 1.165) is 33.7 Å². The quantitative estimate of drug-likeness (QED) is 0.477. The van der Waals surface area contributed by atoms with E-state index in [0.29, 0.717) is 29.0 Å². The lowest BCUT2D eigenvalue weighted by molar-refractivity contribution is -0.00348. The van der Waals surface area contributed by atoms with Crippen LogP contribution in [0.25, 0.3) is 10.9 Å². The topological polar surface area (TPSA) is 109 Å². The molecule has 4 aliphatic rings. The number of fused-ring (bicyclic) bond motifs is 1. The van der Waals surface area contributed by atoms with Crippen molar-refractivity contribution in [2.45, 2.75) is 44.9 Å². The predicted octanol–water partition coefficient (Wildman–Crippen LogP) is 5.33. The van der Waals surface area contributed by atoms with Gasteiger partial charge >= 0.3 is 12.0 Å². The number of para-hydroxylation sites is 1. The average Bonchev–Trinajstić information content (AvgIpc) is 2.81. The van der Waals surface area contributed by atoms with E-state index in [-0.39, 0.29) is 11.1 Å². The lowest BCUT2D eigenvalue weighted by Gasteiger charge is -2.54. The number of hydrogen-bond acceptors (Lipinski definition) is 4. The number of nitrogens with zero attached hydrogens (tertiary/aromatic N) is 1. The van der Waals surface area contributed by atoms with Crippen LogP contribution in [-0.2, 0) is 0 Å². The number of carbonyl (C=O) groups is 2. The van der Waals surface area contributed by atoms with Gasteiger partial charge in [0.05, 0.1) is 5.52 Å². The Bertz CT molecular complexity index is 1410. The zero-order chi connectivity index (χ0) is 24.4. The summed E-state index contributed by atoms with van der Waals surface area (Å²) in [5.41, 5.74) is 1.48. The molecule has 0 spiro atoms. The molecule has 180 valence electrons. The summed E-state index contributed by atoms with van der Waals surface area (Å²) >= 11 is 0. The first-order valence-electron chi connectivity index (χ1n) is 12.3. The number of phenolic OH excluding ortho intramolecular Hbond substituents is 1. The zero-order valence-electron chi connectivity index (χ0n) is 19.5. The SMILES string of the molecule is Cc1cc(C2C3CC4CC(C3)CC2C4)c(O)cc1NC(=O)n1cc(C(=O)O)c(=O)c2ccccc21. The van der Waals surface area contributed by atoms with Crippen molar-refractivity contribution in [3.63, 3.8) is 0 Å². The van der Waals surface area contributed by atoms with Gasteiger partial charge in [-0.15, -0.1) is 0 Å². The molecule has 1 heterocycles. The first-order chi connectivity index (χ1) is 16.8. The summed E-state index contributed by atoms with van der Waals surface area (Å²) in [6.45, 7) is 1.90. The first kappa shape index (κ1) is 21.9. The fraction of sp³-hybridized carbons (Fsp3) is 0.393. The normalized spacial score (nSPS) is 26.7. The predicted molar refractivity (Wildman–Crippen MR) is 132 cm³/mol. The van der Waals surface area contributed by atoms with Crippen LogP contribution in [0.4, 0.5) is 10.5 Å². The van der Waals surface area contributed by atoms with E-state index < -0.39 is 23.0 Å². The van der Waals surface area contributed by atoms with Crippen LogP contribution in [-0.4, -0.2) is 26.8 Å². The second-order valence-electron chi connectivity index (χ2n) is 10.7.